The number of likely N-dealkylation sites (N-methyl/N-ethyl adjacent to an activating group) is 1. The number of carbonyl (C=O) groups excluding carboxylic acids is 1. The fourth-order valence-corrected chi connectivity index (χ4v) is 5.52. The molecule has 2 fully saturated rings. The third-order valence-corrected chi connectivity index (χ3v) is 7.47. The molecule has 2 bridgehead atoms. The molecule has 0 saturated carbocycles. The number of rotatable bonds is 5. The van der Waals surface area contributed by atoms with E-state index in [0.29, 0.717) is 5.78 Å². The highest BCUT2D eigenvalue weighted by Gasteiger charge is 2.65. The molecule has 4 unspecified atom stereocenters. The minimum atomic E-state index is -0.559. The van der Waals surface area contributed by atoms with E-state index in [1.165, 1.54) is 0 Å². The minimum Gasteiger partial charge on any atom is -0.308 e. The lowest BCUT2D eigenvalue weighted by molar-refractivity contribution is -0.178. The Bertz CT molecular complexity index is 889. The van der Waals surface area contributed by atoms with Crippen LogP contribution < -0.4 is 0 Å². The average Bonchev–Trinajstić information content (AvgIpc) is 2.75. The van der Waals surface area contributed by atoms with E-state index in [2.05, 4.69) is 66.8 Å². The lowest BCUT2D eigenvalue weighted by Gasteiger charge is -2.63. The largest absolute Gasteiger partial charge is 0.308 e. The molecular weight excluding hydrogens is 374 g/mol. The molecule has 4 heterocycles. The van der Waals surface area contributed by atoms with Crippen molar-refractivity contribution in [3.63, 3.8) is 0 Å². The second-order valence-corrected chi connectivity index (χ2v) is 9.44. The number of likely N-dealkylation sites (tertiary alicyclic amines) is 2. The molecular formula is C24H33N5O. The van der Waals surface area contributed by atoms with Gasteiger partial charge in [-0.05, 0) is 59.3 Å². The van der Waals surface area contributed by atoms with Crippen LogP contribution in [-0.2, 0) is 10.3 Å². The van der Waals surface area contributed by atoms with E-state index in [-0.39, 0.29) is 12.0 Å². The normalized spacial score (nSPS) is 32.5. The molecule has 2 saturated heterocycles. The summed E-state index contributed by atoms with van der Waals surface area (Å²) in [7, 11) is 6.33. The summed E-state index contributed by atoms with van der Waals surface area (Å²) in [4.78, 5) is 30.5. The Balaban J connectivity index is 1.84. The zero-order valence-corrected chi connectivity index (χ0v) is 18.7. The Morgan fingerprint density at radius 3 is 2.40 bits per heavy atom. The number of hydrogen-bond donors (Lipinski definition) is 0. The molecule has 6 heteroatoms. The summed E-state index contributed by atoms with van der Waals surface area (Å²) in [6.45, 7) is 7.76. The molecule has 30 heavy (non-hydrogen) atoms. The monoisotopic (exact) mass is 407 g/mol. The van der Waals surface area contributed by atoms with Gasteiger partial charge >= 0.3 is 0 Å². The van der Waals surface area contributed by atoms with Gasteiger partial charge in [-0.15, -0.1) is 0 Å². The van der Waals surface area contributed by atoms with E-state index in [1.54, 1.807) is 0 Å². The maximum Gasteiger partial charge on any atom is 0.148 e. The van der Waals surface area contributed by atoms with E-state index in [4.69, 9.17) is 4.98 Å². The molecule has 0 aliphatic carbocycles. The summed E-state index contributed by atoms with van der Waals surface area (Å²) in [6.07, 6.45) is 3.66. The number of pyridine rings is 2. The molecule has 4 rings (SSSR count). The summed E-state index contributed by atoms with van der Waals surface area (Å²) >= 11 is 0. The van der Waals surface area contributed by atoms with Crippen molar-refractivity contribution < 1.29 is 4.79 Å². The quantitative estimate of drug-likeness (QED) is 0.759. The number of ketones is 1. The maximum absolute atomic E-state index is 14.0. The molecule has 6 nitrogen and oxygen atoms in total. The first-order valence-corrected chi connectivity index (χ1v) is 10.8. The minimum absolute atomic E-state index is 0.0825. The molecule has 2 aliphatic heterocycles. The molecule has 0 radical (unpaired) electrons. The SMILES string of the molecule is CN(C)CCN1CC2C(=O)C(C)(C1)C(C)(c1ccccn1)N(C)C2c1ccccn1. The fraction of sp³-hybridized carbons (Fsp3) is 0.542. The summed E-state index contributed by atoms with van der Waals surface area (Å²) in [5.41, 5.74) is 0.798. The van der Waals surface area contributed by atoms with Gasteiger partial charge in [0, 0.05) is 38.6 Å². The standard InChI is InChI=1S/C24H33N5O/c1-23-17-29(15-14-27(3)4)16-18(22(23)30)21(19-10-6-8-12-25-19)28(5)24(23,2)20-11-7-9-13-26-20/h6-13,18,21H,14-17H2,1-5H3. The first-order valence-electron chi connectivity index (χ1n) is 10.8. The smallest absolute Gasteiger partial charge is 0.148 e. The Labute approximate surface area is 179 Å². The number of fused-ring (bicyclic) bond motifs is 2. The Morgan fingerprint density at radius 2 is 1.80 bits per heavy atom. The summed E-state index contributed by atoms with van der Waals surface area (Å²) in [5, 5.41) is 0. The highest BCUT2D eigenvalue weighted by molar-refractivity contribution is 5.91. The average molecular weight is 408 g/mol. The van der Waals surface area contributed by atoms with Crippen molar-refractivity contribution in [2.45, 2.75) is 25.4 Å². The van der Waals surface area contributed by atoms with E-state index >= 15 is 0 Å². The second-order valence-electron chi connectivity index (χ2n) is 9.44. The van der Waals surface area contributed by atoms with Crippen LogP contribution in [0.4, 0.5) is 0 Å². The Kier molecular flexibility index (Phi) is 5.51. The van der Waals surface area contributed by atoms with Crippen molar-refractivity contribution >= 4 is 5.78 Å². The van der Waals surface area contributed by atoms with Crippen LogP contribution >= 0.6 is 0 Å². The number of nitrogens with zero attached hydrogens (tertiary/aromatic N) is 5. The van der Waals surface area contributed by atoms with E-state index in [9.17, 15) is 4.79 Å². The van der Waals surface area contributed by atoms with Crippen LogP contribution in [0, 0.1) is 11.3 Å². The second kappa shape index (κ2) is 7.84. The van der Waals surface area contributed by atoms with Crippen molar-refractivity contribution in [1.82, 2.24) is 24.7 Å². The van der Waals surface area contributed by atoms with Gasteiger partial charge < -0.3 is 9.80 Å². The van der Waals surface area contributed by atoms with Gasteiger partial charge in [-0.2, -0.15) is 0 Å². The molecule has 2 aromatic heterocycles. The van der Waals surface area contributed by atoms with Crippen LogP contribution in [-0.4, -0.2) is 77.8 Å². The molecule has 0 aromatic carbocycles. The fourth-order valence-electron chi connectivity index (χ4n) is 5.52. The third-order valence-electron chi connectivity index (χ3n) is 7.47. The zero-order valence-electron chi connectivity index (χ0n) is 18.7. The molecule has 4 atom stereocenters. The van der Waals surface area contributed by atoms with E-state index < -0.39 is 11.0 Å². The van der Waals surface area contributed by atoms with Gasteiger partial charge in [-0.3, -0.25) is 19.7 Å². The van der Waals surface area contributed by atoms with Gasteiger partial charge in [-0.25, -0.2) is 0 Å². The predicted molar refractivity (Wildman–Crippen MR) is 118 cm³/mol. The van der Waals surface area contributed by atoms with Gasteiger partial charge in [0.2, 0.25) is 0 Å². The highest BCUT2D eigenvalue weighted by atomic mass is 16.1. The van der Waals surface area contributed by atoms with Gasteiger partial charge in [0.15, 0.2) is 0 Å². The van der Waals surface area contributed by atoms with Gasteiger partial charge in [0.05, 0.1) is 34.3 Å². The van der Waals surface area contributed by atoms with Gasteiger partial charge in [0.1, 0.15) is 5.78 Å². The third kappa shape index (κ3) is 3.18. The van der Waals surface area contributed by atoms with Crippen LogP contribution in [0.15, 0.2) is 48.8 Å². The first kappa shape index (κ1) is 21.1. The van der Waals surface area contributed by atoms with Crippen LogP contribution in [0.5, 0.6) is 0 Å². The molecule has 160 valence electrons. The Hall–Kier alpha value is -2.15. The Morgan fingerprint density at radius 1 is 1.10 bits per heavy atom. The molecule has 2 aliphatic rings. The lowest BCUT2D eigenvalue weighted by atomic mass is 9.56. The van der Waals surface area contributed by atoms with Crippen LogP contribution in [0.3, 0.4) is 0 Å². The van der Waals surface area contributed by atoms with Crippen LogP contribution in [0.25, 0.3) is 0 Å². The number of piperidine rings is 2. The summed E-state index contributed by atoms with van der Waals surface area (Å²) in [5.74, 6) is 0.230. The van der Waals surface area contributed by atoms with Crippen LogP contribution in [0.1, 0.15) is 31.3 Å². The molecule has 0 spiro atoms. The number of hydrogen-bond acceptors (Lipinski definition) is 6. The van der Waals surface area contributed by atoms with Crippen molar-refractivity contribution in [2.75, 3.05) is 47.3 Å². The van der Waals surface area contributed by atoms with Crippen molar-refractivity contribution in [1.29, 1.82) is 0 Å². The summed E-state index contributed by atoms with van der Waals surface area (Å²) in [6, 6.07) is 11.9. The topological polar surface area (TPSA) is 52.6 Å². The number of carbonyl (C=O) groups is 1. The number of aromatic nitrogens is 2. The first-order chi connectivity index (χ1) is 14.3. The maximum atomic E-state index is 14.0. The lowest BCUT2D eigenvalue weighted by Crippen LogP contribution is -2.72. The van der Waals surface area contributed by atoms with Gasteiger partial charge in [-0.1, -0.05) is 12.1 Å². The molecule has 2 aromatic rings. The molecule has 0 N–H and O–H groups in total. The highest BCUT2D eigenvalue weighted by Crippen LogP contribution is 2.56. The van der Waals surface area contributed by atoms with E-state index in [0.717, 1.165) is 37.6 Å². The molecule has 0 amide bonds. The zero-order chi connectivity index (χ0) is 21.5. The van der Waals surface area contributed by atoms with E-state index in [1.807, 2.05) is 36.7 Å². The van der Waals surface area contributed by atoms with Crippen molar-refractivity contribution in [2.24, 2.45) is 11.3 Å². The van der Waals surface area contributed by atoms with Gasteiger partial charge in [0.25, 0.3) is 0 Å². The van der Waals surface area contributed by atoms with Crippen LogP contribution in [0.2, 0.25) is 0 Å². The van der Waals surface area contributed by atoms with Crippen molar-refractivity contribution in [3.8, 4) is 0 Å². The predicted octanol–water partition coefficient (Wildman–Crippen LogP) is 2.45. The number of Topliss-reactive ketones (excluding diaryl/α,β-unsaturated/α-hetero) is 1. The van der Waals surface area contributed by atoms with Crippen molar-refractivity contribution in [3.05, 3.63) is 60.2 Å². The summed E-state index contributed by atoms with van der Waals surface area (Å²) < 4.78 is 0.